The minimum absolute atomic E-state index is 0.128. The third-order valence-corrected chi connectivity index (χ3v) is 4.67. The summed E-state index contributed by atoms with van der Waals surface area (Å²) in [5.74, 6) is 0.340. The molecule has 100 valence electrons. The summed E-state index contributed by atoms with van der Waals surface area (Å²) in [4.78, 5) is 17.1. The fourth-order valence-electron chi connectivity index (χ4n) is 3.70. The van der Waals surface area contributed by atoms with Crippen LogP contribution in [0.3, 0.4) is 0 Å². The molecule has 0 aromatic heterocycles. The first-order valence-corrected chi connectivity index (χ1v) is 7.56. The van der Waals surface area contributed by atoms with Crippen molar-refractivity contribution in [3.05, 3.63) is 12.2 Å². The lowest BCUT2D eigenvalue weighted by Crippen LogP contribution is -2.54. The van der Waals surface area contributed by atoms with Crippen molar-refractivity contribution in [2.75, 3.05) is 26.2 Å². The maximum absolute atomic E-state index is 12.2. The van der Waals surface area contributed by atoms with Gasteiger partial charge >= 0.3 is 0 Å². The van der Waals surface area contributed by atoms with E-state index in [1.807, 2.05) is 6.08 Å². The van der Waals surface area contributed by atoms with Gasteiger partial charge in [0.2, 0.25) is 0 Å². The van der Waals surface area contributed by atoms with Crippen molar-refractivity contribution in [1.29, 1.82) is 0 Å². The van der Waals surface area contributed by atoms with Crippen LogP contribution >= 0.6 is 0 Å². The summed E-state index contributed by atoms with van der Waals surface area (Å²) in [6, 6.07) is 0.485. The Kier molecular flexibility index (Phi) is 3.80. The molecular weight excluding hydrogens is 224 g/mol. The van der Waals surface area contributed by atoms with Crippen LogP contribution in [0.2, 0.25) is 0 Å². The van der Waals surface area contributed by atoms with Gasteiger partial charge in [-0.3, -0.25) is 14.6 Å². The van der Waals surface area contributed by atoms with Crippen molar-refractivity contribution in [2.45, 2.75) is 50.6 Å². The van der Waals surface area contributed by atoms with E-state index in [9.17, 15) is 4.79 Å². The molecule has 0 spiro atoms. The van der Waals surface area contributed by atoms with E-state index in [-0.39, 0.29) is 6.04 Å². The Morgan fingerprint density at radius 3 is 2.00 bits per heavy atom. The zero-order chi connectivity index (χ0) is 12.4. The minimum atomic E-state index is 0.128. The molecule has 0 aromatic carbocycles. The largest absolute Gasteiger partial charge is 0.295 e. The van der Waals surface area contributed by atoms with Gasteiger partial charge in [0, 0.05) is 0 Å². The van der Waals surface area contributed by atoms with Crippen LogP contribution < -0.4 is 0 Å². The van der Waals surface area contributed by atoms with Crippen LogP contribution in [0.25, 0.3) is 0 Å². The van der Waals surface area contributed by atoms with Crippen molar-refractivity contribution >= 4 is 5.78 Å². The van der Waals surface area contributed by atoms with Gasteiger partial charge in [0.05, 0.1) is 12.1 Å². The third kappa shape index (κ3) is 2.39. The van der Waals surface area contributed by atoms with E-state index in [4.69, 9.17) is 0 Å². The van der Waals surface area contributed by atoms with E-state index in [1.54, 1.807) is 0 Å². The van der Waals surface area contributed by atoms with Crippen molar-refractivity contribution in [1.82, 2.24) is 9.80 Å². The van der Waals surface area contributed by atoms with Crippen molar-refractivity contribution in [3.8, 4) is 0 Å². The van der Waals surface area contributed by atoms with Crippen LogP contribution in [0.4, 0.5) is 0 Å². The molecule has 3 rings (SSSR count). The summed E-state index contributed by atoms with van der Waals surface area (Å²) < 4.78 is 0. The molecule has 2 heterocycles. The highest BCUT2D eigenvalue weighted by Crippen LogP contribution is 2.25. The predicted molar refractivity (Wildman–Crippen MR) is 72.6 cm³/mol. The molecule has 0 bridgehead atoms. The standard InChI is InChI=1S/C15H24N2O/c18-14-8-7-13(16-9-3-1-4-10-16)15(14)17-11-5-2-6-12-17/h7-8,13,15H,1-6,9-12H2/t13-,15+/m0/s1. The van der Waals surface area contributed by atoms with E-state index in [0.717, 1.165) is 13.1 Å². The molecule has 18 heavy (non-hydrogen) atoms. The van der Waals surface area contributed by atoms with Crippen LogP contribution in [0.1, 0.15) is 38.5 Å². The molecule has 2 fully saturated rings. The van der Waals surface area contributed by atoms with Crippen LogP contribution in [-0.4, -0.2) is 53.8 Å². The van der Waals surface area contributed by atoms with E-state index >= 15 is 0 Å². The zero-order valence-corrected chi connectivity index (χ0v) is 11.2. The first-order chi connectivity index (χ1) is 8.86. The fraction of sp³-hybridized carbons (Fsp3) is 0.800. The number of carbonyl (C=O) groups is 1. The van der Waals surface area contributed by atoms with E-state index in [0.29, 0.717) is 11.8 Å². The van der Waals surface area contributed by atoms with Gasteiger partial charge in [0.15, 0.2) is 5.78 Å². The van der Waals surface area contributed by atoms with Gasteiger partial charge in [-0.1, -0.05) is 18.9 Å². The van der Waals surface area contributed by atoms with Gasteiger partial charge in [-0.15, -0.1) is 0 Å². The number of hydrogen-bond donors (Lipinski definition) is 0. The molecule has 0 aromatic rings. The number of rotatable bonds is 2. The molecule has 3 aliphatic rings. The molecule has 0 N–H and O–H groups in total. The summed E-state index contributed by atoms with van der Waals surface area (Å²) in [5.41, 5.74) is 0. The number of likely N-dealkylation sites (tertiary alicyclic amines) is 2. The highest BCUT2D eigenvalue weighted by Gasteiger charge is 2.38. The summed E-state index contributed by atoms with van der Waals surface area (Å²) >= 11 is 0. The molecule has 0 saturated carbocycles. The van der Waals surface area contributed by atoms with Gasteiger partial charge in [-0.2, -0.15) is 0 Å². The monoisotopic (exact) mass is 248 g/mol. The van der Waals surface area contributed by atoms with Gasteiger partial charge < -0.3 is 0 Å². The molecule has 1 aliphatic carbocycles. The van der Waals surface area contributed by atoms with Crippen LogP contribution in [0.5, 0.6) is 0 Å². The lowest BCUT2D eigenvalue weighted by atomic mass is 10.0. The average molecular weight is 248 g/mol. The summed E-state index contributed by atoms with van der Waals surface area (Å²) in [6.07, 6.45) is 11.8. The second kappa shape index (κ2) is 5.54. The normalized spacial score (nSPS) is 35.2. The molecular formula is C15H24N2O. The lowest BCUT2D eigenvalue weighted by molar-refractivity contribution is -0.120. The highest BCUT2D eigenvalue weighted by atomic mass is 16.1. The van der Waals surface area contributed by atoms with Gasteiger partial charge in [0.1, 0.15) is 0 Å². The van der Waals surface area contributed by atoms with Crippen molar-refractivity contribution in [2.24, 2.45) is 0 Å². The zero-order valence-electron chi connectivity index (χ0n) is 11.2. The minimum Gasteiger partial charge on any atom is -0.295 e. The second-order valence-electron chi connectivity index (χ2n) is 5.89. The number of hydrogen-bond acceptors (Lipinski definition) is 3. The topological polar surface area (TPSA) is 23.6 Å². The van der Waals surface area contributed by atoms with Gasteiger partial charge in [0.25, 0.3) is 0 Å². The van der Waals surface area contributed by atoms with Gasteiger partial charge in [-0.25, -0.2) is 0 Å². The van der Waals surface area contributed by atoms with Crippen LogP contribution in [0, 0.1) is 0 Å². The summed E-state index contributed by atoms with van der Waals surface area (Å²) in [5, 5.41) is 0. The van der Waals surface area contributed by atoms with Crippen LogP contribution in [0.15, 0.2) is 12.2 Å². The third-order valence-electron chi connectivity index (χ3n) is 4.67. The quantitative estimate of drug-likeness (QED) is 0.745. The second-order valence-corrected chi connectivity index (χ2v) is 5.89. The SMILES string of the molecule is O=C1C=C[C@H](N2CCCCC2)[C@H]1N1CCCCC1. The first kappa shape index (κ1) is 12.4. The van der Waals surface area contributed by atoms with Crippen LogP contribution in [-0.2, 0) is 4.79 Å². The Balaban J connectivity index is 1.71. The van der Waals surface area contributed by atoms with Crippen molar-refractivity contribution < 1.29 is 4.79 Å². The summed E-state index contributed by atoms with van der Waals surface area (Å²) in [7, 11) is 0. The van der Waals surface area contributed by atoms with E-state index < -0.39 is 0 Å². The Hall–Kier alpha value is -0.670. The molecule has 2 atom stereocenters. The van der Waals surface area contributed by atoms with E-state index in [2.05, 4.69) is 15.9 Å². The fourth-order valence-corrected chi connectivity index (χ4v) is 3.70. The molecule has 3 heteroatoms. The molecule has 3 nitrogen and oxygen atoms in total. The average Bonchev–Trinajstić information content (AvgIpc) is 2.83. The number of piperidine rings is 2. The first-order valence-electron chi connectivity index (χ1n) is 7.56. The predicted octanol–water partition coefficient (Wildman–Crippen LogP) is 1.83. The Labute approximate surface area is 110 Å². The Bertz CT molecular complexity index is 327. The number of nitrogens with zero attached hydrogens (tertiary/aromatic N) is 2. The molecule has 0 unspecified atom stereocenters. The van der Waals surface area contributed by atoms with Crippen molar-refractivity contribution in [3.63, 3.8) is 0 Å². The maximum Gasteiger partial charge on any atom is 0.174 e. The lowest BCUT2D eigenvalue weighted by Gasteiger charge is -2.40. The maximum atomic E-state index is 12.2. The molecule has 2 aliphatic heterocycles. The summed E-state index contributed by atoms with van der Waals surface area (Å²) in [6.45, 7) is 4.57. The molecule has 2 saturated heterocycles. The smallest absolute Gasteiger partial charge is 0.174 e. The van der Waals surface area contributed by atoms with Gasteiger partial charge in [-0.05, 0) is 57.9 Å². The molecule has 0 radical (unpaired) electrons. The Morgan fingerprint density at radius 2 is 1.39 bits per heavy atom. The Morgan fingerprint density at radius 1 is 0.833 bits per heavy atom. The molecule has 0 amide bonds. The highest BCUT2D eigenvalue weighted by molar-refractivity contribution is 5.98. The number of carbonyl (C=O) groups excluding carboxylic acids is 1. The van der Waals surface area contributed by atoms with E-state index in [1.165, 1.54) is 51.6 Å². The number of ketones is 1.